The molecule has 1 amide bonds. The highest BCUT2D eigenvalue weighted by Crippen LogP contribution is 2.16. The lowest BCUT2D eigenvalue weighted by atomic mass is 10.1. The van der Waals surface area contributed by atoms with Crippen molar-refractivity contribution in [3.63, 3.8) is 0 Å². The van der Waals surface area contributed by atoms with Gasteiger partial charge < -0.3 is 24.9 Å². The second kappa shape index (κ2) is 19.4. The molecule has 1 N–H and O–H groups in total. The molecule has 7 heteroatoms. The Hall–Kier alpha value is -0.730. The molecule has 7 nitrogen and oxygen atoms in total. The highest BCUT2D eigenvalue weighted by atomic mass is 16.2. The molecule has 0 radical (unpaired) electrons. The summed E-state index contributed by atoms with van der Waals surface area (Å²) in [5, 5.41) is 3.47. The van der Waals surface area contributed by atoms with Gasteiger partial charge in [0.1, 0.15) is 0 Å². The van der Waals surface area contributed by atoms with Crippen LogP contribution >= 0.6 is 0 Å². The van der Waals surface area contributed by atoms with Crippen molar-refractivity contribution in [3.8, 4) is 0 Å². The molecular weight excluding hydrogens is 436 g/mol. The molecule has 1 atom stereocenters. The normalized spacial score (nSPS) is 19.4. The summed E-state index contributed by atoms with van der Waals surface area (Å²) >= 11 is 0. The van der Waals surface area contributed by atoms with Crippen LogP contribution < -0.4 is 5.32 Å². The fraction of sp³-hybridized carbons (Fsp3) is 0.964. The maximum atomic E-state index is 11.0. The molecule has 2 fully saturated rings. The molecule has 0 aliphatic carbocycles. The van der Waals surface area contributed by atoms with Crippen molar-refractivity contribution in [2.75, 3.05) is 80.5 Å². The van der Waals surface area contributed by atoms with Gasteiger partial charge in [0.2, 0.25) is 5.91 Å². The smallest absolute Gasteiger partial charge is 0.219 e. The van der Waals surface area contributed by atoms with E-state index in [-0.39, 0.29) is 5.91 Å². The maximum Gasteiger partial charge on any atom is 0.219 e. The fourth-order valence-electron chi connectivity index (χ4n) is 4.33. The molecule has 0 saturated carbocycles. The Labute approximate surface area is 219 Å². The van der Waals surface area contributed by atoms with Gasteiger partial charge in [-0.15, -0.1) is 0 Å². The van der Waals surface area contributed by atoms with E-state index >= 15 is 0 Å². The third kappa shape index (κ3) is 17.4. The lowest BCUT2D eigenvalue weighted by Gasteiger charge is -2.36. The van der Waals surface area contributed by atoms with Gasteiger partial charge in [0.15, 0.2) is 0 Å². The summed E-state index contributed by atoms with van der Waals surface area (Å²) in [5.74, 6) is 0.207. The first-order valence-corrected chi connectivity index (χ1v) is 14.1. The highest BCUT2D eigenvalue weighted by Gasteiger charge is 2.20. The van der Waals surface area contributed by atoms with Crippen molar-refractivity contribution in [3.05, 3.63) is 0 Å². The molecule has 210 valence electrons. The zero-order valence-corrected chi connectivity index (χ0v) is 25.4. The number of nitrogens with one attached hydrogen (secondary N) is 1. The topological polar surface area (TPSA) is 45.3 Å². The van der Waals surface area contributed by atoms with Crippen molar-refractivity contribution in [1.82, 2.24) is 29.8 Å². The Morgan fingerprint density at radius 1 is 0.943 bits per heavy atom. The van der Waals surface area contributed by atoms with E-state index in [2.05, 4.69) is 94.6 Å². The monoisotopic (exact) mass is 498 g/mol. The highest BCUT2D eigenvalue weighted by molar-refractivity contribution is 5.73. The molecule has 0 aromatic heterocycles. The fourth-order valence-corrected chi connectivity index (χ4v) is 4.33. The summed E-state index contributed by atoms with van der Waals surface area (Å²) in [6.07, 6.45) is 5.37. The molecule has 0 aromatic rings. The molecule has 0 aromatic carbocycles. The predicted octanol–water partition coefficient (Wildman–Crippen LogP) is 3.31. The Morgan fingerprint density at radius 2 is 1.54 bits per heavy atom. The Balaban J connectivity index is 0.000000496. The molecule has 35 heavy (non-hydrogen) atoms. The van der Waals surface area contributed by atoms with Gasteiger partial charge in [0, 0.05) is 57.3 Å². The van der Waals surface area contributed by atoms with Gasteiger partial charge in [-0.1, -0.05) is 13.8 Å². The number of hydrogen-bond acceptors (Lipinski definition) is 6. The second-order valence-electron chi connectivity index (χ2n) is 11.5. The van der Waals surface area contributed by atoms with Crippen molar-refractivity contribution in [2.24, 2.45) is 0 Å². The predicted molar refractivity (Wildman–Crippen MR) is 153 cm³/mol. The van der Waals surface area contributed by atoms with E-state index in [0.29, 0.717) is 18.1 Å². The minimum absolute atomic E-state index is 0.207. The minimum Gasteiger partial charge on any atom is -0.340 e. The van der Waals surface area contributed by atoms with Crippen LogP contribution in [0.25, 0.3) is 0 Å². The molecule has 2 heterocycles. The standard InChI is InChI=1S/C10H22N2.C9H18N2O.C9H22N2/c1-9(2)11-7-6-10-5-4-8-12(10)3;1-8(2)10-4-6-11(7-5-10)9(3)12;1-9(2)11(5)8-6-7-10(3)4/h9-11H,4-8H2,1-3H3;8H,4-7H2,1-3H3;9H,6-8H2,1-5H3. The summed E-state index contributed by atoms with van der Waals surface area (Å²) < 4.78 is 0. The number of hydrogen-bond donors (Lipinski definition) is 1. The average molecular weight is 499 g/mol. The summed E-state index contributed by atoms with van der Waals surface area (Å²) in [6.45, 7) is 23.6. The van der Waals surface area contributed by atoms with Crippen LogP contribution in [0.15, 0.2) is 0 Å². The van der Waals surface area contributed by atoms with Gasteiger partial charge in [0.05, 0.1) is 0 Å². The van der Waals surface area contributed by atoms with Crippen LogP contribution in [-0.2, 0) is 4.79 Å². The molecule has 2 saturated heterocycles. The molecule has 2 aliphatic heterocycles. The van der Waals surface area contributed by atoms with Crippen LogP contribution in [0.2, 0.25) is 0 Å². The van der Waals surface area contributed by atoms with Gasteiger partial charge in [-0.25, -0.2) is 0 Å². The first-order valence-electron chi connectivity index (χ1n) is 14.1. The van der Waals surface area contributed by atoms with Crippen LogP contribution in [0.1, 0.15) is 74.1 Å². The quantitative estimate of drug-likeness (QED) is 0.499. The first-order chi connectivity index (χ1) is 16.3. The van der Waals surface area contributed by atoms with Crippen LogP contribution in [0.4, 0.5) is 0 Å². The van der Waals surface area contributed by atoms with E-state index in [0.717, 1.165) is 32.2 Å². The van der Waals surface area contributed by atoms with Gasteiger partial charge >= 0.3 is 0 Å². The molecular formula is C28H62N6O. The van der Waals surface area contributed by atoms with Crippen molar-refractivity contribution >= 4 is 5.91 Å². The lowest BCUT2D eigenvalue weighted by Crippen LogP contribution is -2.50. The summed E-state index contributed by atoms with van der Waals surface area (Å²) in [4.78, 5) is 22.4. The van der Waals surface area contributed by atoms with Gasteiger partial charge in [-0.05, 0) is 108 Å². The van der Waals surface area contributed by atoms with E-state index < -0.39 is 0 Å². The Bertz CT molecular complexity index is 518. The zero-order chi connectivity index (χ0) is 27.0. The molecule has 1 unspecified atom stereocenters. The molecule has 2 aliphatic rings. The van der Waals surface area contributed by atoms with Gasteiger partial charge in [-0.2, -0.15) is 0 Å². The van der Waals surface area contributed by atoms with Crippen LogP contribution in [-0.4, -0.2) is 135 Å². The lowest BCUT2D eigenvalue weighted by molar-refractivity contribution is -0.130. The summed E-state index contributed by atoms with van der Waals surface area (Å²) in [7, 11) is 8.66. The third-order valence-electron chi connectivity index (χ3n) is 7.19. The van der Waals surface area contributed by atoms with Crippen LogP contribution in [0.5, 0.6) is 0 Å². The Morgan fingerprint density at radius 3 is 1.94 bits per heavy atom. The van der Waals surface area contributed by atoms with E-state index in [4.69, 9.17) is 0 Å². The number of carbonyl (C=O) groups is 1. The van der Waals surface area contributed by atoms with Gasteiger partial charge in [0.25, 0.3) is 0 Å². The number of likely N-dealkylation sites (tertiary alicyclic amines) is 1. The maximum absolute atomic E-state index is 11.0. The number of amides is 1. The number of piperazine rings is 1. The van der Waals surface area contributed by atoms with Crippen molar-refractivity contribution in [1.29, 1.82) is 0 Å². The van der Waals surface area contributed by atoms with E-state index in [1.807, 2.05) is 4.90 Å². The zero-order valence-electron chi connectivity index (χ0n) is 25.4. The number of rotatable bonds is 10. The van der Waals surface area contributed by atoms with E-state index in [1.54, 1.807) is 6.92 Å². The van der Waals surface area contributed by atoms with Crippen molar-refractivity contribution < 1.29 is 4.79 Å². The summed E-state index contributed by atoms with van der Waals surface area (Å²) in [6, 6.07) is 2.77. The average Bonchev–Trinajstić information content (AvgIpc) is 3.18. The number of nitrogens with zero attached hydrogens (tertiary/aromatic N) is 5. The number of carbonyl (C=O) groups excluding carboxylic acids is 1. The molecule has 2 rings (SSSR count). The van der Waals surface area contributed by atoms with E-state index in [9.17, 15) is 4.79 Å². The van der Waals surface area contributed by atoms with Crippen molar-refractivity contribution in [2.45, 2.75) is 98.3 Å². The molecule has 0 bridgehead atoms. The van der Waals surface area contributed by atoms with E-state index in [1.165, 1.54) is 51.9 Å². The SMILES string of the molecule is CC(=O)N1CCN(C(C)C)CC1.CC(C)N(C)CCCN(C)C.CC(C)NCCC1CCCN1C. The summed E-state index contributed by atoms with van der Waals surface area (Å²) in [5.41, 5.74) is 0. The first kappa shape index (κ1) is 34.3. The van der Waals surface area contributed by atoms with Crippen LogP contribution in [0.3, 0.4) is 0 Å². The van der Waals surface area contributed by atoms with Gasteiger partial charge in [-0.3, -0.25) is 9.69 Å². The Kier molecular flexibility index (Phi) is 19.0. The third-order valence-corrected chi connectivity index (χ3v) is 7.19. The van der Waals surface area contributed by atoms with Crippen LogP contribution in [0, 0.1) is 0 Å². The second-order valence-corrected chi connectivity index (χ2v) is 11.5. The molecule has 0 spiro atoms. The minimum atomic E-state index is 0.207. The largest absolute Gasteiger partial charge is 0.340 e.